The summed E-state index contributed by atoms with van der Waals surface area (Å²) in [6.45, 7) is 8.43. The van der Waals surface area contributed by atoms with E-state index in [0.29, 0.717) is 23.7 Å². The number of aromatic nitrogens is 2. The van der Waals surface area contributed by atoms with Gasteiger partial charge in [0.25, 0.3) is 11.5 Å². The number of benzene rings is 2. The lowest BCUT2D eigenvalue weighted by Gasteiger charge is -2.27. The van der Waals surface area contributed by atoms with Crippen LogP contribution in [0, 0.1) is 11.2 Å². The molecule has 1 aromatic heterocycles. The fourth-order valence-corrected chi connectivity index (χ4v) is 3.40. The summed E-state index contributed by atoms with van der Waals surface area (Å²) in [5.74, 6) is -0.681. The first-order valence-electron chi connectivity index (χ1n) is 9.76. The molecule has 5 nitrogen and oxygen atoms in total. The molecule has 152 valence electrons. The van der Waals surface area contributed by atoms with Gasteiger partial charge in [0.05, 0.1) is 11.4 Å². The molecular formula is C23H26FN3O2. The number of halogens is 1. The van der Waals surface area contributed by atoms with Gasteiger partial charge in [0.2, 0.25) is 0 Å². The summed E-state index contributed by atoms with van der Waals surface area (Å²) in [7, 11) is 0. The molecule has 1 unspecified atom stereocenters. The van der Waals surface area contributed by atoms with Crippen LogP contribution in [0.4, 0.5) is 4.39 Å². The molecule has 0 bridgehead atoms. The molecule has 3 rings (SSSR count). The van der Waals surface area contributed by atoms with E-state index in [4.69, 9.17) is 0 Å². The van der Waals surface area contributed by atoms with Gasteiger partial charge in [-0.3, -0.25) is 9.59 Å². The Bertz CT molecular complexity index is 1080. The van der Waals surface area contributed by atoms with Crippen molar-refractivity contribution >= 4 is 16.7 Å². The third-order valence-corrected chi connectivity index (χ3v) is 4.78. The van der Waals surface area contributed by atoms with Crippen LogP contribution in [0.15, 0.2) is 53.3 Å². The Hall–Kier alpha value is -3.02. The Morgan fingerprint density at radius 1 is 1.10 bits per heavy atom. The number of hydrogen-bond donors (Lipinski definition) is 1. The van der Waals surface area contributed by atoms with Gasteiger partial charge in [-0.25, -0.2) is 9.07 Å². The lowest BCUT2D eigenvalue weighted by molar-refractivity contribution is 0.0920. The molecule has 3 aromatic rings. The lowest BCUT2D eigenvalue weighted by atomic mass is 9.85. The highest BCUT2D eigenvalue weighted by Gasteiger charge is 2.24. The van der Waals surface area contributed by atoms with Crippen molar-refractivity contribution in [2.24, 2.45) is 5.41 Å². The van der Waals surface area contributed by atoms with Crippen LogP contribution in [0.1, 0.15) is 56.2 Å². The van der Waals surface area contributed by atoms with Crippen molar-refractivity contribution in [3.63, 3.8) is 0 Å². The van der Waals surface area contributed by atoms with Gasteiger partial charge < -0.3 is 5.32 Å². The molecule has 1 amide bonds. The second kappa shape index (κ2) is 8.15. The second-order valence-electron chi connectivity index (χ2n) is 8.36. The van der Waals surface area contributed by atoms with E-state index in [1.165, 1.54) is 16.8 Å². The quantitative estimate of drug-likeness (QED) is 0.694. The minimum absolute atomic E-state index is 0.0654. The number of nitrogens with one attached hydrogen (secondary N) is 1. The van der Waals surface area contributed by atoms with Crippen molar-refractivity contribution < 1.29 is 9.18 Å². The van der Waals surface area contributed by atoms with Crippen molar-refractivity contribution in [1.82, 2.24) is 15.1 Å². The predicted molar refractivity (Wildman–Crippen MR) is 112 cm³/mol. The maximum atomic E-state index is 13.4. The Labute approximate surface area is 169 Å². The number of rotatable bonds is 5. The summed E-state index contributed by atoms with van der Waals surface area (Å²) in [5.41, 5.74) is 0.750. The molecule has 1 atom stereocenters. The molecule has 0 saturated heterocycles. The van der Waals surface area contributed by atoms with Gasteiger partial charge in [-0.1, -0.05) is 51.1 Å². The van der Waals surface area contributed by atoms with Crippen LogP contribution in [0.2, 0.25) is 0 Å². The van der Waals surface area contributed by atoms with Crippen LogP contribution in [-0.2, 0) is 6.54 Å². The van der Waals surface area contributed by atoms with Crippen molar-refractivity contribution in [3.8, 4) is 0 Å². The van der Waals surface area contributed by atoms with Gasteiger partial charge in [0, 0.05) is 11.9 Å². The van der Waals surface area contributed by atoms with E-state index >= 15 is 0 Å². The number of nitrogens with zero attached hydrogens (tertiary/aromatic N) is 2. The lowest BCUT2D eigenvalue weighted by Crippen LogP contribution is -2.34. The molecule has 6 heteroatoms. The summed E-state index contributed by atoms with van der Waals surface area (Å²) >= 11 is 0. The molecule has 0 aliphatic heterocycles. The second-order valence-corrected chi connectivity index (χ2v) is 8.36. The van der Waals surface area contributed by atoms with E-state index < -0.39 is 0 Å². The fraction of sp³-hybridized carbons (Fsp3) is 0.348. The summed E-state index contributed by atoms with van der Waals surface area (Å²) in [6, 6.07) is 12.8. The smallest absolute Gasteiger partial charge is 0.274 e. The molecule has 0 fully saturated rings. The first kappa shape index (κ1) is 20.7. The predicted octanol–water partition coefficient (Wildman–Crippen LogP) is 4.46. The van der Waals surface area contributed by atoms with Gasteiger partial charge in [-0.15, -0.1) is 0 Å². The highest BCUT2D eigenvalue weighted by atomic mass is 19.1. The molecule has 29 heavy (non-hydrogen) atoms. The first-order valence-corrected chi connectivity index (χ1v) is 9.76. The largest absolute Gasteiger partial charge is 0.344 e. The number of aryl methyl sites for hydroxylation is 1. The molecular weight excluding hydrogens is 369 g/mol. The van der Waals surface area contributed by atoms with E-state index in [2.05, 4.69) is 31.2 Å². The Balaban J connectivity index is 2.03. The monoisotopic (exact) mass is 395 g/mol. The van der Waals surface area contributed by atoms with Crippen LogP contribution in [0.25, 0.3) is 10.8 Å². The van der Waals surface area contributed by atoms with E-state index in [1.54, 1.807) is 36.4 Å². The SMILES string of the molecule is CCn1nc(C(=O)NC(CC(C)(C)C)c2ccc(F)cc2)c2ccccc2c1=O. The minimum Gasteiger partial charge on any atom is -0.344 e. The molecule has 1 heterocycles. The Kier molecular flexibility index (Phi) is 5.82. The zero-order chi connectivity index (χ0) is 21.2. The molecule has 2 aromatic carbocycles. The summed E-state index contributed by atoms with van der Waals surface area (Å²) in [5, 5.41) is 8.34. The summed E-state index contributed by atoms with van der Waals surface area (Å²) in [6.07, 6.45) is 0.662. The van der Waals surface area contributed by atoms with Gasteiger partial charge in [0.1, 0.15) is 5.82 Å². The van der Waals surface area contributed by atoms with Crippen LogP contribution >= 0.6 is 0 Å². The maximum Gasteiger partial charge on any atom is 0.274 e. The third-order valence-electron chi connectivity index (χ3n) is 4.78. The van der Waals surface area contributed by atoms with Gasteiger partial charge >= 0.3 is 0 Å². The topological polar surface area (TPSA) is 64.0 Å². The van der Waals surface area contributed by atoms with E-state index in [0.717, 1.165) is 5.56 Å². The third kappa shape index (κ3) is 4.70. The number of amides is 1. The van der Waals surface area contributed by atoms with Gasteiger partial charge in [-0.05, 0) is 42.5 Å². The number of hydrogen-bond acceptors (Lipinski definition) is 3. The number of carbonyl (C=O) groups is 1. The molecule has 0 spiro atoms. The standard InChI is InChI=1S/C23H26FN3O2/c1-5-27-22(29)18-9-7-6-8-17(18)20(26-27)21(28)25-19(14-23(2,3)4)15-10-12-16(24)13-11-15/h6-13,19H,5,14H2,1-4H3,(H,25,28). The van der Waals surface area contributed by atoms with Crippen LogP contribution < -0.4 is 10.9 Å². The van der Waals surface area contributed by atoms with Crippen LogP contribution in [0.3, 0.4) is 0 Å². The number of carbonyl (C=O) groups excluding carboxylic acids is 1. The summed E-state index contributed by atoms with van der Waals surface area (Å²) < 4.78 is 14.7. The van der Waals surface area contributed by atoms with Gasteiger partial charge in [-0.2, -0.15) is 5.10 Å². The highest BCUT2D eigenvalue weighted by molar-refractivity contribution is 6.04. The van der Waals surface area contributed by atoms with E-state index in [1.807, 2.05) is 6.92 Å². The molecule has 0 radical (unpaired) electrons. The van der Waals surface area contributed by atoms with E-state index in [-0.39, 0.29) is 34.4 Å². The summed E-state index contributed by atoms with van der Waals surface area (Å²) in [4.78, 5) is 25.7. The number of fused-ring (bicyclic) bond motifs is 1. The normalized spacial score (nSPS) is 12.7. The molecule has 1 N–H and O–H groups in total. The van der Waals surface area contributed by atoms with E-state index in [9.17, 15) is 14.0 Å². The molecule has 0 aliphatic carbocycles. The first-order chi connectivity index (χ1) is 13.7. The van der Waals surface area contributed by atoms with Gasteiger partial charge in [0.15, 0.2) is 5.69 Å². The van der Waals surface area contributed by atoms with Crippen LogP contribution in [-0.4, -0.2) is 15.7 Å². The Morgan fingerprint density at radius 3 is 2.31 bits per heavy atom. The maximum absolute atomic E-state index is 13.4. The highest BCUT2D eigenvalue weighted by Crippen LogP contribution is 2.30. The Morgan fingerprint density at radius 2 is 1.72 bits per heavy atom. The fourth-order valence-electron chi connectivity index (χ4n) is 3.40. The van der Waals surface area contributed by atoms with Crippen molar-refractivity contribution in [3.05, 3.63) is 76.0 Å². The zero-order valence-electron chi connectivity index (χ0n) is 17.2. The van der Waals surface area contributed by atoms with Crippen molar-refractivity contribution in [2.45, 2.75) is 46.7 Å². The zero-order valence-corrected chi connectivity index (χ0v) is 17.2. The molecule has 0 aliphatic rings. The van der Waals surface area contributed by atoms with Crippen molar-refractivity contribution in [1.29, 1.82) is 0 Å². The molecule has 0 saturated carbocycles. The van der Waals surface area contributed by atoms with Crippen molar-refractivity contribution in [2.75, 3.05) is 0 Å². The van der Waals surface area contributed by atoms with Crippen LogP contribution in [0.5, 0.6) is 0 Å². The average Bonchev–Trinajstić information content (AvgIpc) is 2.67. The average molecular weight is 395 g/mol. The minimum atomic E-state index is -0.359.